The van der Waals surface area contributed by atoms with E-state index in [1.165, 1.54) is 12.8 Å². The lowest BCUT2D eigenvalue weighted by Crippen LogP contribution is -2.50. The number of carbonyl (C=O) groups excluding carboxylic acids is 2. The number of primary amides is 1. The molecule has 2 aliphatic heterocycles. The summed E-state index contributed by atoms with van der Waals surface area (Å²) in [5, 5.41) is 3.43. The lowest BCUT2D eigenvalue weighted by Gasteiger charge is -2.37. The van der Waals surface area contributed by atoms with Crippen LogP contribution in [0.1, 0.15) is 36.5 Å². The zero-order valence-electron chi connectivity index (χ0n) is 16.3. The molecule has 0 aliphatic carbocycles. The van der Waals surface area contributed by atoms with Gasteiger partial charge in [0.05, 0.1) is 5.56 Å². The smallest absolute Gasteiger partial charge is 0.252 e. The highest BCUT2D eigenvalue weighted by Crippen LogP contribution is 2.24. The number of rotatable bonds is 5. The molecular formula is C19H31Cl2N5O2. The number of pyridine rings is 1. The first-order valence-corrected chi connectivity index (χ1v) is 9.54. The SMILES string of the molecule is CC(CC(=O)N1CCN(c2ncccc2C(N)=O)CC1)C1CCCNC1.Cl.Cl. The summed E-state index contributed by atoms with van der Waals surface area (Å²) in [5.74, 6) is 1.39. The maximum Gasteiger partial charge on any atom is 0.252 e. The Kier molecular flexibility index (Phi) is 9.99. The average Bonchev–Trinajstić information content (AvgIpc) is 2.68. The quantitative estimate of drug-likeness (QED) is 0.739. The summed E-state index contributed by atoms with van der Waals surface area (Å²) < 4.78 is 0. The van der Waals surface area contributed by atoms with Crippen LogP contribution in [-0.2, 0) is 4.79 Å². The third-order valence-corrected chi connectivity index (χ3v) is 5.62. The van der Waals surface area contributed by atoms with Crippen LogP contribution in [0.3, 0.4) is 0 Å². The first kappa shape index (κ1) is 24.5. The summed E-state index contributed by atoms with van der Waals surface area (Å²) in [7, 11) is 0. The molecule has 0 spiro atoms. The van der Waals surface area contributed by atoms with Gasteiger partial charge in [-0.3, -0.25) is 9.59 Å². The van der Waals surface area contributed by atoms with E-state index in [2.05, 4.69) is 17.2 Å². The first-order chi connectivity index (χ1) is 12.6. The standard InChI is InChI=1S/C19H29N5O2.2ClH/c1-14(15-4-2-6-21-13-15)12-17(25)23-8-10-24(11-9-23)19-16(18(20)26)5-3-7-22-19;;/h3,5,7,14-15,21H,2,4,6,8-13H2,1H3,(H2,20,26);2*1H. The number of piperidine rings is 1. The summed E-state index contributed by atoms with van der Waals surface area (Å²) >= 11 is 0. The van der Waals surface area contributed by atoms with Crippen molar-refractivity contribution in [2.24, 2.45) is 17.6 Å². The second-order valence-electron chi connectivity index (χ2n) is 7.39. The molecule has 2 unspecified atom stereocenters. The fraction of sp³-hybridized carbons (Fsp3) is 0.632. The highest BCUT2D eigenvalue weighted by molar-refractivity contribution is 5.97. The molecule has 0 radical (unpaired) electrons. The molecule has 3 heterocycles. The Bertz CT molecular complexity index is 647. The number of aromatic nitrogens is 1. The Morgan fingerprint density at radius 2 is 2.00 bits per heavy atom. The Morgan fingerprint density at radius 1 is 1.29 bits per heavy atom. The van der Waals surface area contributed by atoms with Gasteiger partial charge in [-0.15, -0.1) is 24.8 Å². The summed E-state index contributed by atoms with van der Waals surface area (Å²) in [6, 6.07) is 3.41. The summed E-state index contributed by atoms with van der Waals surface area (Å²) in [6.07, 6.45) is 4.70. The Hall–Kier alpha value is -1.57. The maximum atomic E-state index is 12.7. The lowest BCUT2D eigenvalue weighted by atomic mass is 9.85. The van der Waals surface area contributed by atoms with Gasteiger partial charge in [0.15, 0.2) is 0 Å². The predicted molar refractivity (Wildman–Crippen MR) is 115 cm³/mol. The van der Waals surface area contributed by atoms with Crippen LogP contribution in [-0.4, -0.2) is 61.0 Å². The highest BCUT2D eigenvalue weighted by Gasteiger charge is 2.27. The third-order valence-electron chi connectivity index (χ3n) is 5.62. The number of nitrogens with one attached hydrogen (secondary N) is 1. The van der Waals surface area contributed by atoms with Crippen molar-refractivity contribution in [3.63, 3.8) is 0 Å². The van der Waals surface area contributed by atoms with E-state index in [4.69, 9.17) is 5.73 Å². The summed E-state index contributed by atoms with van der Waals surface area (Å²) in [5.41, 5.74) is 5.88. The zero-order valence-corrected chi connectivity index (χ0v) is 17.9. The minimum Gasteiger partial charge on any atom is -0.365 e. The molecule has 2 saturated heterocycles. The monoisotopic (exact) mass is 431 g/mol. The van der Waals surface area contributed by atoms with Crippen molar-refractivity contribution in [3.05, 3.63) is 23.9 Å². The molecule has 2 amide bonds. The van der Waals surface area contributed by atoms with Crippen LogP contribution in [0.2, 0.25) is 0 Å². The van der Waals surface area contributed by atoms with Crippen molar-refractivity contribution in [3.8, 4) is 0 Å². The Morgan fingerprint density at radius 3 is 2.61 bits per heavy atom. The van der Waals surface area contributed by atoms with Crippen molar-refractivity contribution >= 4 is 42.4 Å². The molecule has 0 saturated carbocycles. The van der Waals surface area contributed by atoms with E-state index in [-0.39, 0.29) is 30.7 Å². The number of carbonyl (C=O) groups is 2. The fourth-order valence-corrected chi connectivity index (χ4v) is 3.94. The number of anilines is 1. The van der Waals surface area contributed by atoms with Crippen LogP contribution in [0.25, 0.3) is 0 Å². The van der Waals surface area contributed by atoms with E-state index >= 15 is 0 Å². The predicted octanol–water partition coefficient (Wildman–Crippen LogP) is 1.70. The van der Waals surface area contributed by atoms with Crippen LogP contribution < -0.4 is 16.0 Å². The second-order valence-corrected chi connectivity index (χ2v) is 7.39. The molecule has 2 aliphatic rings. The molecule has 3 rings (SSSR count). The van der Waals surface area contributed by atoms with Gasteiger partial charge in [-0.1, -0.05) is 6.92 Å². The lowest BCUT2D eigenvalue weighted by molar-refractivity contribution is -0.132. The second kappa shape index (κ2) is 11.4. The molecule has 0 aromatic carbocycles. The average molecular weight is 432 g/mol. The van der Waals surface area contributed by atoms with E-state index in [0.717, 1.165) is 13.1 Å². The van der Waals surface area contributed by atoms with Crippen LogP contribution >= 0.6 is 24.8 Å². The van der Waals surface area contributed by atoms with Gasteiger partial charge in [0, 0.05) is 38.8 Å². The first-order valence-electron chi connectivity index (χ1n) is 9.54. The molecular weight excluding hydrogens is 401 g/mol. The topological polar surface area (TPSA) is 91.6 Å². The molecule has 7 nitrogen and oxygen atoms in total. The normalized spacial score (nSPS) is 20.5. The number of hydrogen-bond donors (Lipinski definition) is 2. The van der Waals surface area contributed by atoms with Crippen molar-refractivity contribution in [1.29, 1.82) is 0 Å². The van der Waals surface area contributed by atoms with E-state index in [0.29, 0.717) is 55.8 Å². The Balaban J connectivity index is 0.00000196. The van der Waals surface area contributed by atoms with Gasteiger partial charge in [0.2, 0.25) is 5.91 Å². The molecule has 158 valence electrons. The number of nitrogens with two attached hydrogens (primary N) is 1. The summed E-state index contributed by atoms with van der Waals surface area (Å²) in [4.78, 5) is 32.6. The largest absolute Gasteiger partial charge is 0.365 e. The summed E-state index contributed by atoms with van der Waals surface area (Å²) in [6.45, 7) is 6.97. The third kappa shape index (κ3) is 5.96. The molecule has 2 atom stereocenters. The number of halogens is 2. The number of amides is 2. The van der Waals surface area contributed by atoms with E-state index in [9.17, 15) is 9.59 Å². The molecule has 9 heteroatoms. The van der Waals surface area contributed by atoms with Gasteiger partial charge < -0.3 is 20.9 Å². The number of hydrogen-bond acceptors (Lipinski definition) is 5. The maximum absolute atomic E-state index is 12.7. The van der Waals surface area contributed by atoms with Crippen LogP contribution in [0.5, 0.6) is 0 Å². The van der Waals surface area contributed by atoms with Gasteiger partial charge in [-0.25, -0.2) is 4.98 Å². The van der Waals surface area contributed by atoms with Gasteiger partial charge in [-0.05, 0) is 49.9 Å². The Labute approximate surface area is 179 Å². The van der Waals surface area contributed by atoms with E-state index in [1.54, 1.807) is 18.3 Å². The minimum atomic E-state index is -0.471. The van der Waals surface area contributed by atoms with Crippen LogP contribution in [0.4, 0.5) is 5.82 Å². The molecule has 3 N–H and O–H groups in total. The molecule has 1 aromatic heterocycles. The van der Waals surface area contributed by atoms with Crippen molar-refractivity contribution in [2.75, 3.05) is 44.2 Å². The molecule has 2 fully saturated rings. The number of piperazine rings is 1. The van der Waals surface area contributed by atoms with Gasteiger partial charge in [-0.2, -0.15) is 0 Å². The van der Waals surface area contributed by atoms with Gasteiger partial charge in [0.25, 0.3) is 5.91 Å². The van der Waals surface area contributed by atoms with Crippen LogP contribution in [0, 0.1) is 11.8 Å². The van der Waals surface area contributed by atoms with Crippen molar-refractivity contribution in [2.45, 2.75) is 26.2 Å². The fourth-order valence-electron chi connectivity index (χ4n) is 3.94. The zero-order chi connectivity index (χ0) is 18.5. The minimum absolute atomic E-state index is 0. The van der Waals surface area contributed by atoms with Gasteiger partial charge in [0.1, 0.15) is 5.82 Å². The van der Waals surface area contributed by atoms with Crippen LogP contribution in [0.15, 0.2) is 18.3 Å². The number of nitrogens with zero attached hydrogens (tertiary/aromatic N) is 3. The molecule has 0 bridgehead atoms. The molecule has 1 aromatic rings. The van der Waals surface area contributed by atoms with Crippen molar-refractivity contribution in [1.82, 2.24) is 15.2 Å². The van der Waals surface area contributed by atoms with Gasteiger partial charge >= 0.3 is 0 Å². The highest BCUT2D eigenvalue weighted by atomic mass is 35.5. The molecule has 28 heavy (non-hydrogen) atoms. The van der Waals surface area contributed by atoms with E-state index < -0.39 is 5.91 Å². The van der Waals surface area contributed by atoms with E-state index in [1.807, 2.05) is 9.80 Å². The van der Waals surface area contributed by atoms with Crippen molar-refractivity contribution < 1.29 is 9.59 Å².